The lowest BCUT2D eigenvalue weighted by molar-refractivity contribution is -0.118. The maximum Gasteiger partial charge on any atom is 0.405 e. The van der Waals surface area contributed by atoms with Crippen molar-refractivity contribution < 1.29 is 14.7 Å². The standard InChI is InChI=1S/C16H16N2O3S/c1-10-12(8-5-9-13(10)22)17-15(19)14(18-16(20)21)11-6-3-2-4-7-11/h2-9,14,18,22H,1H3,(H,17,19)(H,20,21). The molecule has 1 atom stereocenters. The minimum absolute atomic E-state index is 0.448. The van der Waals surface area contributed by atoms with Gasteiger partial charge in [0.15, 0.2) is 0 Å². The summed E-state index contributed by atoms with van der Waals surface area (Å²) in [6.07, 6.45) is -1.26. The Labute approximate surface area is 133 Å². The zero-order valence-electron chi connectivity index (χ0n) is 11.9. The molecule has 2 aromatic rings. The summed E-state index contributed by atoms with van der Waals surface area (Å²) in [5, 5.41) is 13.9. The van der Waals surface area contributed by atoms with Crippen LogP contribution >= 0.6 is 12.6 Å². The van der Waals surface area contributed by atoms with E-state index in [1.54, 1.807) is 42.5 Å². The Balaban J connectivity index is 2.26. The van der Waals surface area contributed by atoms with E-state index in [1.165, 1.54) is 0 Å². The first kappa shape index (κ1) is 15.9. The lowest BCUT2D eigenvalue weighted by Crippen LogP contribution is -2.36. The van der Waals surface area contributed by atoms with Gasteiger partial charge in [-0.15, -0.1) is 12.6 Å². The van der Waals surface area contributed by atoms with E-state index in [0.717, 1.165) is 10.5 Å². The minimum atomic E-state index is -1.26. The summed E-state index contributed by atoms with van der Waals surface area (Å²) in [6.45, 7) is 1.83. The summed E-state index contributed by atoms with van der Waals surface area (Å²) in [4.78, 5) is 24.2. The second-order valence-electron chi connectivity index (χ2n) is 4.73. The van der Waals surface area contributed by atoms with Crippen LogP contribution in [0, 0.1) is 6.92 Å². The Bertz CT molecular complexity index is 689. The smallest absolute Gasteiger partial charge is 0.405 e. The number of carbonyl (C=O) groups excluding carboxylic acids is 1. The molecule has 0 heterocycles. The third kappa shape index (κ3) is 3.79. The normalized spacial score (nSPS) is 11.5. The van der Waals surface area contributed by atoms with Crippen LogP contribution in [-0.4, -0.2) is 17.1 Å². The largest absolute Gasteiger partial charge is 0.465 e. The Kier molecular flexibility index (Phi) is 5.06. The van der Waals surface area contributed by atoms with E-state index in [2.05, 4.69) is 23.3 Å². The van der Waals surface area contributed by atoms with Crippen molar-refractivity contribution in [2.45, 2.75) is 17.9 Å². The fourth-order valence-corrected chi connectivity index (χ4v) is 2.24. The number of anilines is 1. The summed E-state index contributed by atoms with van der Waals surface area (Å²) in [5.41, 5.74) is 1.99. The second-order valence-corrected chi connectivity index (χ2v) is 5.21. The third-order valence-electron chi connectivity index (χ3n) is 3.23. The highest BCUT2D eigenvalue weighted by atomic mass is 32.1. The lowest BCUT2D eigenvalue weighted by Gasteiger charge is -2.18. The first-order chi connectivity index (χ1) is 10.5. The van der Waals surface area contributed by atoms with Gasteiger partial charge < -0.3 is 15.7 Å². The third-order valence-corrected chi connectivity index (χ3v) is 3.71. The van der Waals surface area contributed by atoms with Crippen molar-refractivity contribution in [2.24, 2.45) is 0 Å². The van der Waals surface area contributed by atoms with E-state index in [0.29, 0.717) is 11.3 Å². The van der Waals surface area contributed by atoms with E-state index in [1.807, 2.05) is 13.0 Å². The van der Waals surface area contributed by atoms with Crippen molar-refractivity contribution in [3.63, 3.8) is 0 Å². The first-order valence-electron chi connectivity index (χ1n) is 6.63. The van der Waals surface area contributed by atoms with E-state index in [9.17, 15) is 9.59 Å². The van der Waals surface area contributed by atoms with Gasteiger partial charge in [-0.3, -0.25) is 4.79 Å². The molecule has 0 spiro atoms. The Morgan fingerprint density at radius 3 is 2.41 bits per heavy atom. The maximum atomic E-state index is 12.5. The number of thiol groups is 1. The molecule has 0 fully saturated rings. The van der Waals surface area contributed by atoms with Gasteiger partial charge in [0.25, 0.3) is 5.91 Å². The number of amides is 2. The molecule has 0 saturated heterocycles. The van der Waals surface area contributed by atoms with Gasteiger partial charge in [-0.1, -0.05) is 36.4 Å². The van der Waals surface area contributed by atoms with Gasteiger partial charge in [-0.05, 0) is 30.2 Å². The summed E-state index contributed by atoms with van der Waals surface area (Å²) in [6, 6.07) is 13.0. The Hall–Kier alpha value is -2.47. The number of hydrogen-bond donors (Lipinski definition) is 4. The monoisotopic (exact) mass is 316 g/mol. The molecule has 2 rings (SSSR count). The van der Waals surface area contributed by atoms with E-state index < -0.39 is 18.0 Å². The molecule has 0 aliphatic carbocycles. The average molecular weight is 316 g/mol. The number of rotatable bonds is 4. The van der Waals surface area contributed by atoms with Crippen molar-refractivity contribution in [3.8, 4) is 0 Å². The zero-order chi connectivity index (χ0) is 16.1. The highest BCUT2D eigenvalue weighted by Crippen LogP contribution is 2.23. The molecule has 0 aliphatic rings. The number of carboxylic acid groups (broad SMARTS) is 1. The molecular formula is C16H16N2O3S. The summed E-state index contributed by atoms with van der Waals surface area (Å²) < 4.78 is 0. The number of hydrogen-bond acceptors (Lipinski definition) is 3. The van der Waals surface area contributed by atoms with E-state index >= 15 is 0 Å². The molecule has 0 saturated carbocycles. The fourth-order valence-electron chi connectivity index (χ4n) is 2.03. The van der Waals surface area contributed by atoms with Crippen molar-refractivity contribution in [2.75, 3.05) is 5.32 Å². The molecule has 6 heteroatoms. The van der Waals surface area contributed by atoms with Gasteiger partial charge in [-0.2, -0.15) is 0 Å². The molecule has 0 aromatic heterocycles. The predicted molar refractivity (Wildman–Crippen MR) is 87.4 cm³/mol. The van der Waals surface area contributed by atoms with Crippen molar-refractivity contribution in [1.29, 1.82) is 0 Å². The Morgan fingerprint density at radius 2 is 1.77 bits per heavy atom. The molecule has 1 unspecified atom stereocenters. The van der Waals surface area contributed by atoms with Gasteiger partial charge in [0, 0.05) is 10.6 Å². The van der Waals surface area contributed by atoms with Crippen LogP contribution in [-0.2, 0) is 4.79 Å². The molecule has 3 N–H and O–H groups in total. The first-order valence-corrected chi connectivity index (χ1v) is 7.07. The molecule has 2 amide bonds. The highest BCUT2D eigenvalue weighted by molar-refractivity contribution is 7.80. The number of carbonyl (C=O) groups is 2. The molecule has 114 valence electrons. The van der Waals surface area contributed by atoms with Gasteiger partial charge in [0.1, 0.15) is 6.04 Å². The van der Waals surface area contributed by atoms with Crippen LogP contribution in [0.2, 0.25) is 0 Å². The summed E-state index contributed by atoms with van der Waals surface area (Å²) in [7, 11) is 0. The highest BCUT2D eigenvalue weighted by Gasteiger charge is 2.23. The number of benzene rings is 2. The van der Waals surface area contributed by atoms with Crippen molar-refractivity contribution in [1.82, 2.24) is 5.32 Å². The summed E-state index contributed by atoms with van der Waals surface area (Å²) >= 11 is 4.31. The predicted octanol–water partition coefficient (Wildman–Crippen LogP) is 3.23. The van der Waals surface area contributed by atoms with Crippen molar-refractivity contribution in [3.05, 3.63) is 59.7 Å². The average Bonchev–Trinajstić information content (AvgIpc) is 2.50. The molecule has 2 aromatic carbocycles. The quantitative estimate of drug-likeness (QED) is 0.654. The van der Waals surface area contributed by atoms with Gasteiger partial charge in [0.05, 0.1) is 0 Å². The van der Waals surface area contributed by atoms with Crippen molar-refractivity contribution >= 4 is 30.3 Å². The molecule has 5 nitrogen and oxygen atoms in total. The summed E-state index contributed by atoms with van der Waals surface area (Å²) in [5.74, 6) is -0.448. The molecule has 0 bridgehead atoms. The lowest BCUT2D eigenvalue weighted by atomic mass is 10.1. The van der Waals surface area contributed by atoms with Crippen LogP contribution in [0.3, 0.4) is 0 Å². The second kappa shape index (κ2) is 7.00. The SMILES string of the molecule is Cc1c(S)cccc1NC(=O)C(NC(=O)O)c1ccccc1. The van der Waals surface area contributed by atoms with Gasteiger partial charge >= 0.3 is 6.09 Å². The zero-order valence-corrected chi connectivity index (χ0v) is 12.8. The van der Waals surface area contributed by atoms with Crippen LogP contribution in [0.5, 0.6) is 0 Å². The van der Waals surface area contributed by atoms with Crippen LogP contribution < -0.4 is 10.6 Å². The van der Waals surface area contributed by atoms with Crippen LogP contribution in [0.15, 0.2) is 53.4 Å². The number of nitrogens with one attached hydrogen (secondary N) is 2. The molecule has 0 radical (unpaired) electrons. The van der Waals surface area contributed by atoms with E-state index in [-0.39, 0.29) is 0 Å². The van der Waals surface area contributed by atoms with Gasteiger partial charge in [0.2, 0.25) is 0 Å². The molecular weight excluding hydrogens is 300 g/mol. The van der Waals surface area contributed by atoms with Crippen LogP contribution in [0.1, 0.15) is 17.2 Å². The van der Waals surface area contributed by atoms with Gasteiger partial charge in [-0.25, -0.2) is 4.79 Å². The molecule has 22 heavy (non-hydrogen) atoms. The topological polar surface area (TPSA) is 78.4 Å². The van der Waals surface area contributed by atoms with E-state index in [4.69, 9.17) is 5.11 Å². The van der Waals surface area contributed by atoms with Crippen LogP contribution in [0.4, 0.5) is 10.5 Å². The Morgan fingerprint density at radius 1 is 1.09 bits per heavy atom. The fraction of sp³-hybridized carbons (Fsp3) is 0.125. The molecule has 0 aliphatic heterocycles. The minimum Gasteiger partial charge on any atom is -0.465 e. The van der Waals surface area contributed by atoms with Crippen LogP contribution in [0.25, 0.3) is 0 Å². The maximum absolute atomic E-state index is 12.5.